The van der Waals surface area contributed by atoms with Gasteiger partial charge < -0.3 is 15.4 Å². The van der Waals surface area contributed by atoms with Crippen molar-refractivity contribution in [2.24, 2.45) is 0 Å². The molecule has 0 atom stereocenters. The number of nitrogens with one attached hydrogen (secondary N) is 3. The Morgan fingerprint density at radius 3 is 2.28 bits per heavy atom. The second-order valence-corrected chi connectivity index (χ2v) is 7.09. The smallest absolute Gasteiger partial charge is 0.255 e. The van der Waals surface area contributed by atoms with Crippen molar-refractivity contribution in [2.45, 2.75) is 6.92 Å². The van der Waals surface area contributed by atoms with Gasteiger partial charge in [0.15, 0.2) is 5.11 Å². The summed E-state index contributed by atoms with van der Waals surface area (Å²) in [4.78, 5) is 24.5. The van der Waals surface area contributed by atoms with E-state index in [0.717, 1.165) is 11.3 Å². The highest BCUT2D eigenvalue weighted by molar-refractivity contribution is 7.80. The molecule has 0 aliphatic carbocycles. The van der Waals surface area contributed by atoms with E-state index in [2.05, 4.69) is 16.0 Å². The number of rotatable bonds is 7. The molecule has 0 unspecified atom stereocenters. The zero-order chi connectivity index (χ0) is 22.8. The summed E-state index contributed by atoms with van der Waals surface area (Å²) in [6.07, 6.45) is 3.09. The van der Waals surface area contributed by atoms with Gasteiger partial charge in [0.1, 0.15) is 5.75 Å². The van der Waals surface area contributed by atoms with Crippen molar-refractivity contribution in [3.8, 4) is 5.75 Å². The molecular weight excluding hydrogens is 422 g/mol. The Hall–Kier alpha value is -3.97. The topological polar surface area (TPSA) is 79.5 Å². The zero-order valence-electron chi connectivity index (χ0n) is 17.5. The summed E-state index contributed by atoms with van der Waals surface area (Å²) in [6, 6.07) is 23.4. The monoisotopic (exact) mass is 445 g/mol. The van der Waals surface area contributed by atoms with Crippen LogP contribution < -0.4 is 20.7 Å². The van der Waals surface area contributed by atoms with Crippen LogP contribution in [0.15, 0.2) is 84.9 Å². The number of carbonyl (C=O) groups excluding carboxylic acids is 2. The number of benzene rings is 3. The third kappa shape index (κ3) is 7.07. The lowest BCUT2D eigenvalue weighted by Gasteiger charge is -2.10. The average Bonchev–Trinajstić information content (AvgIpc) is 2.79. The number of hydrogen-bond acceptors (Lipinski definition) is 4. The van der Waals surface area contributed by atoms with Crippen LogP contribution in [0.4, 0.5) is 11.4 Å². The van der Waals surface area contributed by atoms with Crippen LogP contribution in [0.3, 0.4) is 0 Å². The standard InChI is InChI=1S/C25H23N3O3S/c1-2-31-22-14-11-18(12-15-22)13-16-23(29)28-25(32)27-21-10-6-9-20(17-21)26-24(30)19-7-4-3-5-8-19/h3-17H,2H2,1H3,(H,26,30)(H2,27,28,29,32)/b16-13+. The van der Waals surface area contributed by atoms with E-state index in [0.29, 0.717) is 23.5 Å². The van der Waals surface area contributed by atoms with E-state index >= 15 is 0 Å². The Morgan fingerprint density at radius 1 is 0.906 bits per heavy atom. The average molecular weight is 446 g/mol. The molecule has 0 aliphatic rings. The van der Waals surface area contributed by atoms with Crippen molar-refractivity contribution >= 4 is 46.6 Å². The van der Waals surface area contributed by atoms with Crippen LogP contribution in [0.25, 0.3) is 6.08 Å². The molecule has 0 saturated carbocycles. The van der Waals surface area contributed by atoms with Crippen LogP contribution in [-0.2, 0) is 4.79 Å². The largest absolute Gasteiger partial charge is 0.494 e. The maximum Gasteiger partial charge on any atom is 0.255 e. The molecule has 0 heterocycles. The van der Waals surface area contributed by atoms with Crippen LogP contribution in [0.5, 0.6) is 5.75 Å². The van der Waals surface area contributed by atoms with Gasteiger partial charge in [0.25, 0.3) is 5.91 Å². The second-order valence-electron chi connectivity index (χ2n) is 6.68. The van der Waals surface area contributed by atoms with E-state index in [1.54, 1.807) is 54.6 Å². The molecule has 6 nitrogen and oxygen atoms in total. The summed E-state index contributed by atoms with van der Waals surface area (Å²) in [7, 11) is 0. The van der Waals surface area contributed by atoms with Crippen LogP contribution in [0, 0.1) is 0 Å². The minimum Gasteiger partial charge on any atom is -0.494 e. The molecule has 3 rings (SSSR count). The molecule has 0 saturated heterocycles. The van der Waals surface area contributed by atoms with Gasteiger partial charge in [0.2, 0.25) is 5.91 Å². The van der Waals surface area contributed by atoms with Gasteiger partial charge in [-0.15, -0.1) is 0 Å². The number of hydrogen-bond donors (Lipinski definition) is 3. The number of ether oxygens (including phenoxy) is 1. The Morgan fingerprint density at radius 2 is 1.59 bits per heavy atom. The van der Waals surface area contributed by atoms with E-state index in [1.165, 1.54) is 6.08 Å². The lowest BCUT2D eigenvalue weighted by atomic mass is 10.2. The van der Waals surface area contributed by atoms with E-state index < -0.39 is 0 Å². The van der Waals surface area contributed by atoms with Gasteiger partial charge in [0, 0.05) is 23.0 Å². The quantitative estimate of drug-likeness (QED) is 0.357. The third-order valence-corrected chi connectivity index (χ3v) is 4.47. The summed E-state index contributed by atoms with van der Waals surface area (Å²) in [6.45, 7) is 2.52. The molecule has 3 aromatic rings. The highest BCUT2D eigenvalue weighted by atomic mass is 32.1. The van der Waals surface area contributed by atoms with E-state index in [1.807, 2.05) is 37.3 Å². The summed E-state index contributed by atoms with van der Waals surface area (Å²) < 4.78 is 5.40. The normalized spacial score (nSPS) is 10.4. The van der Waals surface area contributed by atoms with Gasteiger partial charge in [0.05, 0.1) is 6.61 Å². The van der Waals surface area contributed by atoms with Gasteiger partial charge in [-0.1, -0.05) is 36.4 Å². The first-order valence-corrected chi connectivity index (χ1v) is 10.4. The van der Waals surface area contributed by atoms with Crippen molar-refractivity contribution < 1.29 is 14.3 Å². The third-order valence-electron chi connectivity index (χ3n) is 4.27. The SMILES string of the molecule is CCOc1ccc(/C=C/C(=O)NC(=S)Nc2cccc(NC(=O)c3ccccc3)c2)cc1. The highest BCUT2D eigenvalue weighted by Crippen LogP contribution is 2.16. The number of carbonyl (C=O) groups is 2. The Labute approximate surface area is 192 Å². The minimum absolute atomic E-state index is 0.151. The Balaban J connectivity index is 1.52. The predicted octanol–water partition coefficient (Wildman–Crippen LogP) is 4.86. The van der Waals surface area contributed by atoms with Crippen LogP contribution >= 0.6 is 12.2 Å². The summed E-state index contributed by atoms with van der Waals surface area (Å²) in [5.74, 6) is 0.213. The van der Waals surface area contributed by atoms with Crippen LogP contribution in [0.2, 0.25) is 0 Å². The second kappa shape index (κ2) is 11.4. The maximum atomic E-state index is 12.3. The van der Waals surface area contributed by atoms with E-state index in [-0.39, 0.29) is 16.9 Å². The first kappa shape index (κ1) is 22.7. The Kier molecular flexibility index (Phi) is 8.11. The molecule has 0 radical (unpaired) electrons. The first-order valence-electron chi connectivity index (χ1n) is 10.0. The molecule has 162 valence electrons. The summed E-state index contributed by atoms with van der Waals surface area (Å²) >= 11 is 5.22. The summed E-state index contributed by atoms with van der Waals surface area (Å²) in [5.41, 5.74) is 2.67. The van der Waals surface area contributed by atoms with Gasteiger partial charge >= 0.3 is 0 Å². The minimum atomic E-state index is -0.357. The molecule has 0 bridgehead atoms. The van der Waals surface area contributed by atoms with Crippen molar-refractivity contribution in [3.05, 3.63) is 96.1 Å². The fourth-order valence-electron chi connectivity index (χ4n) is 2.80. The van der Waals surface area contributed by atoms with Gasteiger partial charge in [-0.2, -0.15) is 0 Å². The van der Waals surface area contributed by atoms with Crippen molar-refractivity contribution in [3.63, 3.8) is 0 Å². The van der Waals surface area contributed by atoms with E-state index in [4.69, 9.17) is 17.0 Å². The molecule has 3 N–H and O–H groups in total. The molecule has 2 amide bonds. The Bertz CT molecular complexity index is 1110. The molecule has 0 spiro atoms. The van der Waals surface area contributed by atoms with Gasteiger partial charge in [-0.25, -0.2) is 0 Å². The lowest BCUT2D eigenvalue weighted by Crippen LogP contribution is -2.32. The fourth-order valence-corrected chi connectivity index (χ4v) is 3.02. The molecule has 0 aliphatic heterocycles. The number of amides is 2. The van der Waals surface area contributed by atoms with Crippen LogP contribution in [-0.4, -0.2) is 23.5 Å². The fraction of sp³-hybridized carbons (Fsp3) is 0.0800. The highest BCUT2D eigenvalue weighted by Gasteiger charge is 2.07. The zero-order valence-corrected chi connectivity index (χ0v) is 18.3. The molecule has 32 heavy (non-hydrogen) atoms. The molecule has 7 heteroatoms. The van der Waals surface area contributed by atoms with Gasteiger partial charge in [-0.05, 0) is 73.2 Å². The van der Waals surface area contributed by atoms with Crippen molar-refractivity contribution in [1.29, 1.82) is 0 Å². The first-order chi connectivity index (χ1) is 15.5. The molecule has 0 fully saturated rings. The summed E-state index contributed by atoms with van der Waals surface area (Å²) in [5, 5.41) is 8.53. The van der Waals surface area contributed by atoms with Crippen molar-refractivity contribution in [2.75, 3.05) is 17.2 Å². The molecule has 0 aromatic heterocycles. The lowest BCUT2D eigenvalue weighted by molar-refractivity contribution is -0.115. The molecule has 3 aromatic carbocycles. The number of thiocarbonyl (C=S) groups is 1. The van der Waals surface area contributed by atoms with E-state index in [9.17, 15) is 9.59 Å². The maximum absolute atomic E-state index is 12.3. The predicted molar refractivity (Wildman–Crippen MR) is 132 cm³/mol. The number of anilines is 2. The van der Waals surface area contributed by atoms with Crippen LogP contribution in [0.1, 0.15) is 22.8 Å². The van der Waals surface area contributed by atoms with Crippen molar-refractivity contribution in [1.82, 2.24) is 5.32 Å². The van der Waals surface area contributed by atoms with Gasteiger partial charge in [-0.3, -0.25) is 14.9 Å². The molecular formula is C25H23N3O3S.